The molecule has 1 rings (SSSR count). The van der Waals surface area contributed by atoms with Crippen molar-refractivity contribution in [2.75, 3.05) is 13.1 Å². The number of nitrogens with zero attached hydrogens (tertiary/aromatic N) is 1. The topological polar surface area (TPSA) is 3.24 Å². The minimum absolute atomic E-state index is 0.823. The summed E-state index contributed by atoms with van der Waals surface area (Å²) in [5, 5.41) is 0. The first-order valence-corrected chi connectivity index (χ1v) is 7.48. The van der Waals surface area contributed by atoms with E-state index in [2.05, 4.69) is 25.7 Å². The van der Waals surface area contributed by atoms with Gasteiger partial charge in [0.25, 0.3) is 0 Å². The monoisotopic (exact) mass is 225 g/mol. The fraction of sp³-hybridized carbons (Fsp3) is 1.00. The third-order valence-electron chi connectivity index (χ3n) is 4.06. The quantitative estimate of drug-likeness (QED) is 0.603. The molecule has 0 aromatic rings. The molecule has 0 bridgehead atoms. The predicted octanol–water partition coefficient (Wildman–Crippen LogP) is 4.47. The summed E-state index contributed by atoms with van der Waals surface area (Å²) in [6, 6.07) is 0.823. The fourth-order valence-electron chi connectivity index (χ4n) is 2.96. The summed E-state index contributed by atoms with van der Waals surface area (Å²) in [6.45, 7) is 9.82. The van der Waals surface area contributed by atoms with Crippen molar-refractivity contribution in [3.8, 4) is 0 Å². The van der Waals surface area contributed by atoms with Gasteiger partial charge in [0.1, 0.15) is 0 Å². The Balaban J connectivity index is 2.14. The summed E-state index contributed by atoms with van der Waals surface area (Å²) in [6.07, 6.45) is 11.3. The second kappa shape index (κ2) is 8.11. The van der Waals surface area contributed by atoms with E-state index in [1.165, 1.54) is 64.5 Å². The highest BCUT2D eigenvalue weighted by molar-refractivity contribution is 4.74. The molecule has 2 atom stereocenters. The second-order valence-electron chi connectivity index (χ2n) is 5.78. The van der Waals surface area contributed by atoms with Gasteiger partial charge in [-0.05, 0) is 51.6 Å². The largest absolute Gasteiger partial charge is 0.301 e. The molecule has 0 aromatic heterocycles. The van der Waals surface area contributed by atoms with Crippen molar-refractivity contribution in [1.29, 1.82) is 0 Å². The Bertz CT molecular complexity index is 167. The van der Waals surface area contributed by atoms with E-state index in [9.17, 15) is 0 Å². The Morgan fingerprint density at radius 1 is 1.06 bits per heavy atom. The maximum atomic E-state index is 2.73. The Labute approximate surface area is 103 Å². The van der Waals surface area contributed by atoms with Crippen LogP contribution in [0.2, 0.25) is 0 Å². The van der Waals surface area contributed by atoms with Crippen molar-refractivity contribution in [3.63, 3.8) is 0 Å². The molecule has 0 N–H and O–H groups in total. The Kier molecular flexibility index (Phi) is 7.11. The Hall–Kier alpha value is -0.0400. The van der Waals surface area contributed by atoms with Crippen LogP contribution in [0, 0.1) is 5.92 Å². The van der Waals surface area contributed by atoms with Crippen LogP contribution in [-0.4, -0.2) is 24.0 Å². The highest BCUT2D eigenvalue weighted by atomic mass is 15.1. The van der Waals surface area contributed by atoms with Crippen LogP contribution in [-0.2, 0) is 0 Å². The summed E-state index contributed by atoms with van der Waals surface area (Å²) < 4.78 is 0. The Morgan fingerprint density at radius 3 is 2.56 bits per heavy atom. The summed E-state index contributed by atoms with van der Waals surface area (Å²) >= 11 is 0. The van der Waals surface area contributed by atoms with Gasteiger partial charge in [0, 0.05) is 6.04 Å². The standard InChI is InChI=1S/C15H31N/c1-4-5-6-7-8-11-16-12-9-10-14(2)13-15(16)3/h14-15H,4-13H2,1-3H3. The lowest BCUT2D eigenvalue weighted by molar-refractivity contribution is 0.203. The molecule has 1 heterocycles. The van der Waals surface area contributed by atoms with Crippen molar-refractivity contribution in [2.45, 2.75) is 78.2 Å². The third-order valence-corrected chi connectivity index (χ3v) is 4.06. The van der Waals surface area contributed by atoms with Gasteiger partial charge >= 0.3 is 0 Å². The number of rotatable bonds is 6. The lowest BCUT2D eigenvalue weighted by Gasteiger charge is -2.27. The molecule has 1 fully saturated rings. The third kappa shape index (κ3) is 5.34. The van der Waals surface area contributed by atoms with Gasteiger partial charge in [-0.15, -0.1) is 0 Å². The molecule has 0 saturated carbocycles. The van der Waals surface area contributed by atoms with E-state index in [-0.39, 0.29) is 0 Å². The highest BCUT2D eigenvalue weighted by Crippen LogP contribution is 2.22. The molecule has 1 aliphatic rings. The molecule has 0 aromatic carbocycles. The first-order valence-electron chi connectivity index (χ1n) is 7.48. The van der Waals surface area contributed by atoms with Crippen molar-refractivity contribution in [1.82, 2.24) is 4.90 Å². The van der Waals surface area contributed by atoms with E-state index in [0.29, 0.717) is 0 Å². The van der Waals surface area contributed by atoms with Crippen LogP contribution in [0.15, 0.2) is 0 Å². The first-order chi connectivity index (χ1) is 7.74. The predicted molar refractivity (Wildman–Crippen MR) is 72.8 cm³/mol. The van der Waals surface area contributed by atoms with E-state index in [4.69, 9.17) is 0 Å². The minimum Gasteiger partial charge on any atom is -0.301 e. The maximum Gasteiger partial charge on any atom is 0.00694 e. The number of hydrogen-bond acceptors (Lipinski definition) is 1. The van der Waals surface area contributed by atoms with Gasteiger partial charge in [-0.2, -0.15) is 0 Å². The average Bonchev–Trinajstić information content (AvgIpc) is 2.40. The summed E-state index contributed by atoms with van der Waals surface area (Å²) in [5.74, 6) is 0.945. The SMILES string of the molecule is CCCCCCCN1CCCC(C)CC1C. The van der Waals surface area contributed by atoms with Gasteiger partial charge in [0.2, 0.25) is 0 Å². The number of likely N-dealkylation sites (tertiary alicyclic amines) is 1. The van der Waals surface area contributed by atoms with Crippen LogP contribution in [0.4, 0.5) is 0 Å². The van der Waals surface area contributed by atoms with Crippen molar-refractivity contribution in [2.24, 2.45) is 5.92 Å². The van der Waals surface area contributed by atoms with Crippen LogP contribution >= 0.6 is 0 Å². The van der Waals surface area contributed by atoms with E-state index < -0.39 is 0 Å². The summed E-state index contributed by atoms with van der Waals surface area (Å²) in [7, 11) is 0. The molecular weight excluding hydrogens is 194 g/mol. The lowest BCUT2D eigenvalue weighted by Crippen LogP contribution is -2.33. The normalized spacial score (nSPS) is 27.9. The van der Waals surface area contributed by atoms with Gasteiger partial charge in [-0.25, -0.2) is 0 Å². The smallest absolute Gasteiger partial charge is 0.00694 e. The molecule has 16 heavy (non-hydrogen) atoms. The van der Waals surface area contributed by atoms with Crippen LogP contribution in [0.3, 0.4) is 0 Å². The van der Waals surface area contributed by atoms with E-state index >= 15 is 0 Å². The molecule has 0 amide bonds. The van der Waals surface area contributed by atoms with Gasteiger partial charge in [0.05, 0.1) is 0 Å². The minimum atomic E-state index is 0.823. The molecular formula is C15H31N. The van der Waals surface area contributed by atoms with E-state index in [1.807, 2.05) is 0 Å². The molecule has 1 aliphatic heterocycles. The zero-order chi connectivity index (χ0) is 11.8. The van der Waals surface area contributed by atoms with Crippen LogP contribution < -0.4 is 0 Å². The Morgan fingerprint density at radius 2 is 1.81 bits per heavy atom. The summed E-state index contributed by atoms with van der Waals surface area (Å²) in [4.78, 5) is 2.73. The van der Waals surface area contributed by atoms with Crippen molar-refractivity contribution < 1.29 is 0 Å². The fourth-order valence-corrected chi connectivity index (χ4v) is 2.96. The zero-order valence-electron chi connectivity index (χ0n) is 11.7. The lowest BCUT2D eigenvalue weighted by atomic mass is 10.00. The molecule has 0 spiro atoms. The van der Waals surface area contributed by atoms with Crippen molar-refractivity contribution >= 4 is 0 Å². The van der Waals surface area contributed by atoms with Crippen LogP contribution in [0.25, 0.3) is 0 Å². The highest BCUT2D eigenvalue weighted by Gasteiger charge is 2.19. The molecule has 1 heteroatoms. The second-order valence-corrected chi connectivity index (χ2v) is 5.78. The summed E-state index contributed by atoms with van der Waals surface area (Å²) in [5.41, 5.74) is 0. The average molecular weight is 225 g/mol. The van der Waals surface area contributed by atoms with Crippen LogP contribution in [0.1, 0.15) is 72.1 Å². The molecule has 96 valence electrons. The first kappa shape index (κ1) is 14.0. The van der Waals surface area contributed by atoms with Gasteiger partial charge in [-0.1, -0.05) is 39.5 Å². The van der Waals surface area contributed by atoms with E-state index in [0.717, 1.165) is 12.0 Å². The maximum absolute atomic E-state index is 2.73. The molecule has 1 nitrogen and oxygen atoms in total. The van der Waals surface area contributed by atoms with Gasteiger partial charge < -0.3 is 4.90 Å². The molecule has 2 unspecified atom stereocenters. The van der Waals surface area contributed by atoms with E-state index in [1.54, 1.807) is 0 Å². The number of unbranched alkanes of at least 4 members (excludes halogenated alkanes) is 4. The number of hydrogen-bond donors (Lipinski definition) is 0. The molecule has 0 aliphatic carbocycles. The van der Waals surface area contributed by atoms with Crippen LogP contribution in [0.5, 0.6) is 0 Å². The molecule has 1 saturated heterocycles. The zero-order valence-corrected chi connectivity index (χ0v) is 11.7. The molecule has 0 radical (unpaired) electrons. The van der Waals surface area contributed by atoms with Crippen molar-refractivity contribution in [3.05, 3.63) is 0 Å². The van der Waals surface area contributed by atoms with Gasteiger partial charge in [-0.3, -0.25) is 0 Å². The van der Waals surface area contributed by atoms with Gasteiger partial charge in [0.15, 0.2) is 0 Å².